The number of ether oxygens (including phenoxy) is 1. The summed E-state index contributed by atoms with van der Waals surface area (Å²) in [7, 11) is 1.91. The molecule has 1 aliphatic heterocycles. The van der Waals surface area contributed by atoms with Crippen molar-refractivity contribution >= 4 is 23.6 Å². The summed E-state index contributed by atoms with van der Waals surface area (Å²) in [6.07, 6.45) is 0.784. The normalized spacial score (nSPS) is 26.0. The van der Waals surface area contributed by atoms with Gasteiger partial charge in [0.2, 0.25) is 0 Å². The Bertz CT molecular complexity index is 549. The zero-order valence-electron chi connectivity index (χ0n) is 12.2. The first kappa shape index (κ1) is 14.8. The Morgan fingerprint density at radius 1 is 1.60 bits per heavy atom. The van der Waals surface area contributed by atoms with Crippen LogP contribution in [0.3, 0.4) is 0 Å². The molecule has 4 nitrogen and oxygen atoms in total. The molecule has 0 amide bonds. The van der Waals surface area contributed by atoms with E-state index in [0.29, 0.717) is 12.2 Å². The summed E-state index contributed by atoms with van der Waals surface area (Å²) in [5, 5.41) is 1.98. The van der Waals surface area contributed by atoms with Gasteiger partial charge < -0.3 is 9.64 Å². The van der Waals surface area contributed by atoms with Crippen LogP contribution >= 0.6 is 11.3 Å². The van der Waals surface area contributed by atoms with E-state index in [9.17, 15) is 9.59 Å². The molecule has 20 heavy (non-hydrogen) atoms. The number of allylic oxidation sites excluding steroid dienone is 1. The van der Waals surface area contributed by atoms with Crippen LogP contribution in [0.25, 0.3) is 0 Å². The van der Waals surface area contributed by atoms with E-state index >= 15 is 0 Å². The van der Waals surface area contributed by atoms with Crippen LogP contribution in [0.2, 0.25) is 0 Å². The average Bonchev–Trinajstić information content (AvgIpc) is 3.01. The number of aldehydes is 1. The number of thiophene rings is 1. The zero-order chi connectivity index (χ0) is 14.9. The Hall–Kier alpha value is -1.62. The van der Waals surface area contributed by atoms with Crippen molar-refractivity contribution in [3.8, 4) is 0 Å². The molecule has 5 heteroatoms. The van der Waals surface area contributed by atoms with Gasteiger partial charge in [-0.1, -0.05) is 6.07 Å². The minimum absolute atomic E-state index is 0.310. The van der Waals surface area contributed by atoms with Gasteiger partial charge in [-0.15, -0.1) is 11.3 Å². The van der Waals surface area contributed by atoms with Crippen LogP contribution in [0.15, 0.2) is 28.8 Å². The van der Waals surface area contributed by atoms with Crippen molar-refractivity contribution in [3.63, 3.8) is 0 Å². The van der Waals surface area contributed by atoms with Gasteiger partial charge in [-0.2, -0.15) is 0 Å². The molecule has 108 valence electrons. The number of hydrogen-bond acceptors (Lipinski definition) is 5. The van der Waals surface area contributed by atoms with Gasteiger partial charge >= 0.3 is 5.97 Å². The highest BCUT2D eigenvalue weighted by molar-refractivity contribution is 7.10. The molecular weight excluding hydrogens is 274 g/mol. The van der Waals surface area contributed by atoms with Crippen LogP contribution in [-0.2, 0) is 19.9 Å². The molecule has 0 fully saturated rings. The van der Waals surface area contributed by atoms with Crippen molar-refractivity contribution in [1.29, 1.82) is 0 Å². The van der Waals surface area contributed by atoms with Gasteiger partial charge in [0, 0.05) is 23.2 Å². The predicted octanol–water partition coefficient (Wildman–Crippen LogP) is 2.56. The van der Waals surface area contributed by atoms with E-state index in [0.717, 1.165) is 16.9 Å². The Balaban J connectivity index is 2.55. The number of nitrogens with zero attached hydrogens (tertiary/aromatic N) is 1. The molecule has 1 aliphatic rings. The van der Waals surface area contributed by atoms with E-state index in [1.807, 2.05) is 43.3 Å². The van der Waals surface area contributed by atoms with Gasteiger partial charge in [0.15, 0.2) is 0 Å². The lowest BCUT2D eigenvalue weighted by Crippen LogP contribution is -2.44. The van der Waals surface area contributed by atoms with Crippen LogP contribution in [0.4, 0.5) is 0 Å². The van der Waals surface area contributed by atoms with Gasteiger partial charge in [-0.25, -0.2) is 0 Å². The van der Waals surface area contributed by atoms with Crippen molar-refractivity contribution in [2.75, 3.05) is 13.7 Å². The molecule has 2 rings (SSSR count). The first-order chi connectivity index (χ1) is 9.48. The quantitative estimate of drug-likeness (QED) is 0.632. The highest BCUT2D eigenvalue weighted by Crippen LogP contribution is 2.48. The summed E-state index contributed by atoms with van der Waals surface area (Å²) in [6, 6.07) is 3.95. The minimum atomic E-state index is -0.580. The number of hydrogen-bond donors (Lipinski definition) is 0. The monoisotopic (exact) mass is 293 g/mol. The topological polar surface area (TPSA) is 46.6 Å². The largest absolute Gasteiger partial charge is 0.465 e. The second-order valence-electron chi connectivity index (χ2n) is 5.03. The fourth-order valence-corrected chi connectivity index (χ4v) is 3.81. The maximum atomic E-state index is 12.4. The molecule has 1 aromatic rings. The molecule has 0 spiro atoms. The van der Waals surface area contributed by atoms with Gasteiger partial charge in [0.1, 0.15) is 12.2 Å². The summed E-state index contributed by atoms with van der Waals surface area (Å²) in [5.41, 5.74) is 0.775. The lowest BCUT2D eigenvalue weighted by Gasteiger charge is -2.38. The molecule has 0 N–H and O–H groups in total. The molecule has 0 saturated carbocycles. The molecule has 0 saturated heterocycles. The highest BCUT2D eigenvalue weighted by atomic mass is 32.1. The summed E-state index contributed by atoms with van der Waals surface area (Å²) >= 11 is 1.58. The molecule has 0 bridgehead atoms. The van der Waals surface area contributed by atoms with Crippen LogP contribution < -0.4 is 0 Å². The molecule has 0 aliphatic carbocycles. The highest BCUT2D eigenvalue weighted by Gasteiger charge is 2.53. The Morgan fingerprint density at radius 2 is 2.30 bits per heavy atom. The summed E-state index contributed by atoms with van der Waals surface area (Å²) < 4.78 is 5.19. The molecule has 2 heterocycles. The molecule has 0 radical (unpaired) electrons. The van der Waals surface area contributed by atoms with Gasteiger partial charge in [-0.05, 0) is 32.2 Å². The van der Waals surface area contributed by atoms with E-state index in [1.165, 1.54) is 0 Å². The second-order valence-corrected chi connectivity index (χ2v) is 5.98. The first-order valence-corrected chi connectivity index (χ1v) is 7.46. The Kier molecular flexibility index (Phi) is 3.99. The fourth-order valence-electron chi connectivity index (χ4n) is 2.86. The van der Waals surface area contributed by atoms with Crippen LogP contribution in [0.1, 0.15) is 25.6 Å². The van der Waals surface area contributed by atoms with Crippen LogP contribution in [0, 0.1) is 5.92 Å². The maximum absolute atomic E-state index is 12.4. The SMILES string of the molecule is CCOC(=O)[C@H]1C(C=O)=C(C)N(C)[C@]1(C)c1cccs1. The smallest absolute Gasteiger partial charge is 0.316 e. The summed E-state index contributed by atoms with van der Waals surface area (Å²) in [4.78, 5) is 26.9. The maximum Gasteiger partial charge on any atom is 0.316 e. The molecule has 0 unspecified atom stereocenters. The van der Waals surface area contributed by atoms with Crippen molar-refractivity contribution in [2.45, 2.75) is 26.3 Å². The van der Waals surface area contributed by atoms with E-state index < -0.39 is 11.5 Å². The van der Waals surface area contributed by atoms with Crippen molar-refractivity contribution in [3.05, 3.63) is 33.7 Å². The van der Waals surface area contributed by atoms with Gasteiger partial charge in [0.25, 0.3) is 0 Å². The Morgan fingerprint density at radius 3 is 2.80 bits per heavy atom. The third-order valence-electron chi connectivity index (χ3n) is 4.16. The van der Waals surface area contributed by atoms with Crippen molar-refractivity contribution in [2.24, 2.45) is 5.92 Å². The lowest BCUT2D eigenvalue weighted by atomic mass is 9.82. The fraction of sp³-hybridized carbons (Fsp3) is 0.467. The lowest BCUT2D eigenvalue weighted by molar-refractivity contribution is -0.150. The minimum Gasteiger partial charge on any atom is -0.465 e. The van der Waals surface area contributed by atoms with E-state index in [-0.39, 0.29) is 5.97 Å². The van der Waals surface area contributed by atoms with Crippen molar-refractivity contribution < 1.29 is 14.3 Å². The number of carbonyl (C=O) groups excluding carboxylic acids is 2. The third kappa shape index (κ3) is 1.97. The summed E-state index contributed by atoms with van der Waals surface area (Å²) in [6.45, 7) is 5.94. The predicted molar refractivity (Wildman–Crippen MR) is 78.3 cm³/mol. The summed E-state index contributed by atoms with van der Waals surface area (Å²) in [5.74, 6) is -0.919. The third-order valence-corrected chi connectivity index (χ3v) is 5.26. The molecule has 1 aromatic heterocycles. The van der Waals surface area contributed by atoms with Gasteiger partial charge in [-0.3, -0.25) is 9.59 Å². The average molecular weight is 293 g/mol. The first-order valence-electron chi connectivity index (χ1n) is 6.58. The number of carbonyl (C=O) groups is 2. The van der Waals surface area contributed by atoms with Crippen LogP contribution in [0.5, 0.6) is 0 Å². The van der Waals surface area contributed by atoms with Crippen molar-refractivity contribution in [1.82, 2.24) is 4.90 Å². The molecular formula is C15H19NO3S. The van der Waals surface area contributed by atoms with Crippen LogP contribution in [-0.4, -0.2) is 30.8 Å². The molecule has 2 atom stereocenters. The van der Waals surface area contributed by atoms with E-state index in [1.54, 1.807) is 18.3 Å². The Labute approximate surface area is 123 Å². The number of rotatable bonds is 4. The molecule has 0 aromatic carbocycles. The van der Waals surface area contributed by atoms with Gasteiger partial charge in [0.05, 0.1) is 12.1 Å². The zero-order valence-corrected chi connectivity index (χ0v) is 13.0. The van der Waals surface area contributed by atoms with E-state index in [2.05, 4.69) is 0 Å². The standard InChI is InChI=1S/C15H19NO3S/c1-5-19-14(18)13-11(9-17)10(2)16(4)15(13,3)12-7-6-8-20-12/h6-9,13H,5H2,1-4H3/t13-,15-/m1/s1. The number of esters is 1. The van der Waals surface area contributed by atoms with E-state index in [4.69, 9.17) is 4.74 Å². The second kappa shape index (κ2) is 5.40.